The van der Waals surface area contributed by atoms with E-state index in [1.54, 1.807) is 11.3 Å². The fourth-order valence-corrected chi connectivity index (χ4v) is 5.73. The van der Waals surface area contributed by atoms with Crippen molar-refractivity contribution in [2.75, 3.05) is 32.1 Å². The standard InChI is InChI=1S/C19H28N2O3S/c1-12-8-13(2)10-21(9-12)11-16(22)20-18-17(19(23)24-3)14-6-4-5-7-15(14)25-18/h12-13H,4-11H2,1-3H3,(H,20,22)/p+1/t12-,13-/m1/s1. The average molecular weight is 366 g/mol. The summed E-state index contributed by atoms with van der Waals surface area (Å²) in [4.78, 5) is 27.4. The zero-order valence-corrected chi connectivity index (χ0v) is 16.3. The quantitative estimate of drug-likeness (QED) is 0.802. The lowest BCUT2D eigenvalue weighted by atomic mass is 9.92. The van der Waals surface area contributed by atoms with E-state index in [4.69, 9.17) is 4.74 Å². The van der Waals surface area contributed by atoms with Gasteiger partial charge in [0.2, 0.25) is 0 Å². The number of ether oxygens (including phenoxy) is 1. The lowest BCUT2D eigenvalue weighted by molar-refractivity contribution is -0.904. The van der Waals surface area contributed by atoms with Gasteiger partial charge in [-0.15, -0.1) is 11.3 Å². The fraction of sp³-hybridized carbons (Fsp3) is 0.684. The number of carbonyl (C=O) groups excluding carboxylic acids is 2. The minimum absolute atomic E-state index is 0.0000463. The molecule has 0 radical (unpaired) electrons. The van der Waals surface area contributed by atoms with Gasteiger partial charge < -0.3 is 15.0 Å². The van der Waals surface area contributed by atoms with Gasteiger partial charge in [0.25, 0.3) is 5.91 Å². The molecule has 5 nitrogen and oxygen atoms in total. The molecule has 2 aliphatic rings. The topological polar surface area (TPSA) is 59.8 Å². The summed E-state index contributed by atoms with van der Waals surface area (Å²) in [6, 6.07) is 0. The molecule has 1 aliphatic carbocycles. The number of rotatable bonds is 4. The first-order chi connectivity index (χ1) is 12.0. The molecule has 1 saturated heterocycles. The number of thiophene rings is 1. The third-order valence-electron chi connectivity index (χ3n) is 5.30. The Morgan fingerprint density at radius 3 is 2.56 bits per heavy atom. The highest BCUT2D eigenvalue weighted by Gasteiger charge is 2.29. The largest absolute Gasteiger partial charge is 0.465 e. The van der Waals surface area contributed by atoms with Crippen LogP contribution in [0.2, 0.25) is 0 Å². The molecule has 1 aromatic rings. The number of nitrogens with one attached hydrogen (secondary N) is 2. The molecule has 1 amide bonds. The number of hydrogen-bond acceptors (Lipinski definition) is 4. The van der Waals surface area contributed by atoms with Crippen LogP contribution in [-0.4, -0.2) is 38.6 Å². The third kappa shape index (κ3) is 4.23. The fourth-order valence-electron chi connectivity index (χ4n) is 4.44. The molecule has 138 valence electrons. The van der Waals surface area contributed by atoms with Crippen LogP contribution < -0.4 is 10.2 Å². The Kier molecular flexibility index (Phi) is 5.79. The van der Waals surface area contributed by atoms with Crippen molar-refractivity contribution in [3.05, 3.63) is 16.0 Å². The molecule has 2 heterocycles. The zero-order chi connectivity index (χ0) is 18.0. The molecule has 2 atom stereocenters. The SMILES string of the molecule is COC(=O)c1c(NC(=O)C[NH+]2C[C@H](C)C[C@@H](C)C2)sc2c1CCCC2. The maximum absolute atomic E-state index is 12.6. The van der Waals surface area contributed by atoms with E-state index in [1.165, 1.54) is 23.3 Å². The van der Waals surface area contributed by atoms with Crippen LogP contribution in [0.25, 0.3) is 0 Å². The summed E-state index contributed by atoms with van der Waals surface area (Å²) < 4.78 is 4.97. The average Bonchev–Trinajstić information content (AvgIpc) is 2.90. The van der Waals surface area contributed by atoms with Crippen molar-refractivity contribution in [3.8, 4) is 0 Å². The van der Waals surface area contributed by atoms with Crippen LogP contribution in [0.4, 0.5) is 5.00 Å². The van der Waals surface area contributed by atoms with Crippen LogP contribution in [-0.2, 0) is 22.4 Å². The molecule has 0 unspecified atom stereocenters. The van der Waals surface area contributed by atoms with Crippen molar-refractivity contribution in [2.45, 2.75) is 46.0 Å². The van der Waals surface area contributed by atoms with Crippen molar-refractivity contribution in [1.82, 2.24) is 0 Å². The summed E-state index contributed by atoms with van der Waals surface area (Å²) in [5.74, 6) is 0.986. The number of quaternary nitrogens is 1. The molecule has 1 fully saturated rings. The van der Waals surface area contributed by atoms with Gasteiger partial charge >= 0.3 is 5.97 Å². The first-order valence-corrected chi connectivity index (χ1v) is 10.2. The number of amides is 1. The Labute approximate surface area is 153 Å². The Morgan fingerprint density at radius 2 is 1.88 bits per heavy atom. The van der Waals surface area contributed by atoms with Crippen molar-refractivity contribution in [2.24, 2.45) is 11.8 Å². The molecule has 3 rings (SSSR count). The predicted octanol–water partition coefficient (Wildman–Crippen LogP) is 1.91. The van der Waals surface area contributed by atoms with Crippen LogP contribution in [0.3, 0.4) is 0 Å². The first-order valence-electron chi connectivity index (χ1n) is 9.34. The highest BCUT2D eigenvalue weighted by atomic mass is 32.1. The molecule has 0 bridgehead atoms. The van der Waals surface area contributed by atoms with E-state index < -0.39 is 0 Å². The van der Waals surface area contributed by atoms with Crippen molar-refractivity contribution < 1.29 is 19.2 Å². The number of piperidine rings is 1. The summed E-state index contributed by atoms with van der Waals surface area (Å²) in [5, 5.41) is 3.70. The van der Waals surface area contributed by atoms with E-state index in [0.29, 0.717) is 28.9 Å². The molecule has 0 spiro atoms. The van der Waals surface area contributed by atoms with Crippen molar-refractivity contribution in [1.29, 1.82) is 0 Å². The summed E-state index contributed by atoms with van der Waals surface area (Å²) in [6.45, 7) is 7.08. The van der Waals surface area contributed by atoms with Gasteiger partial charge in [-0.3, -0.25) is 4.79 Å². The Morgan fingerprint density at radius 1 is 1.20 bits per heavy atom. The van der Waals surface area contributed by atoms with Crippen LogP contribution in [0, 0.1) is 11.8 Å². The molecule has 0 saturated carbocycles. The van der Waals surface area contributed by atoms with Gasteiger partial charge in [-0.1, -0.05) is 13.8 Å². The van der Waals surface area contributed by atoms with Crippen molar-refractivity contribution >= 4 is 28.2 Å². The number of anilines is 1. The molecule has 1 aromatic heterocycles. The molecular weight excluding hydrogens is 336 g/mol. The second-order valence-electron chi connectivity index (χ2n) is 7.74. The van der Waals surface area contributed by atoms with Gasteiger partial charge in [-0.05, 0) is 37.7 Å². The smallest absolute Gasteiger partial charge is 0.341 e. The predicted molar refractivity (Wildman–Crippen MR) is 99.4 cm³/mol. The van der Waals surface area contributed by atoms with Gasteiger partial charge in [-0.2, -0.15) is 0 Å². The molecule has 6 heteroatoms. The van der Waals surface area contributed by atoms with Crippen molar-refractivity contribution in [3.63, 3.8) is 0 Å². The van der Waals surface area contributed by atoms with Gasteiger partial charge in [-0.25, -0.2) is 4.79 Å². The van der Waals surface area contributed by atoms with Crippen LogP contribution in [0.5, 0.6) is 0 Å². The van der Waals surface area contributed by atoms with Gasteiger partial charge in [0, 0.05) is 16.7 Å². The van der Waals surface area contributed by atoms with Crippen LogP contribution in [0.15, 0.2) is 0 Å². The molecule has 1 aliphatic heterocycles. The number of methoxy groups -OCH3 is 1. The summed E-state index contributed by atoms with van der Waals surface area (Å²) in [6.07, 6.45) is 5.38. The minimum atomic E-state index is -0.331. The maximum atomic E-state index is 12.6. The summed E-state index contributed by atoms with van der Waals surface area (Å²) in [5.41, 5.74) is 1.68. The lowest BCUT2D eigenvalue weighted by Crippen LogP contribution is -3.15. The minimum Gasteiger partial charge on any atom is -0.465 e. The number of fused-ring (bicyclic) bond motifs is 1. The molecular formula is C19H29N2O3S+. The number of likely N-dealkylation sites (tertiary alicyclic amines) is 1. The number of esters is 1. The number of aryl methyl sites for hydroxylation is 1. The van der Waals surface area contributed by atoms with Crippen LogP contribution in [0.1, 0.15) is 53.9 Å². The second kappa shape index (κ2) is 7.87. The monoisotopic (exact) mass is 365 g/mol. The third-order valence-corrected chi connectivity index (χ3v) is 6.51. The van der Waals surface area contributed by atoms with E-state index in [-0.39, 0.29) is 11.9 Å². The number of hydrogen-bond donors (Lipinski definition) is 2. The van der Waals surface area contributed by atoms with E-state index in [0.717, 1.165) is 44.3 Å². The first kappa shape index (κ1) is 18.4. The molecule has 2 N–H and O–H groups in total. The Hall–Kier alpha value is -1.40. The van der Waals surface area contributed by atoms with E-state index >= 15 is 0 Å². The highest BCUT2D eigenvalue weighted by molar-refractivity contribution is 7.17. The maximum Gasteiger partial charge on any atom is 0.341 e. The van der Waals surface area contributed by atoms with Gasteiger partial charge in [0.15, 0.2) is 6.54 Å². The van der Waals surface area contributed by atoms with E-state index in [2.05, 4.69) is 19.2 Å². The van der Waals surface area contributed by atoms with E-state index in [9.17, 15) is 9.59 Å². The van der Waals surface area contributed by atoms with E-state index in [1.807, 2.05) is 0 Å². The highest BCUT2D eigenvalue weighted by Crippen LogP contribution is 2.38. The number of carbonyl (C=O) groups is 2. The second-order valence-corrected chi connectivity index (χ2v) is 8.84. The van der Waals surface area contributed by atoms with Crippen LogP contribution >= 0.6 is 11.3 Å². The summed E-state index contributed by atoms with van der Waals surface area (Å²) in [7, 11) is 1.40. The lowest BCUT2D eigenvalue weighted by Gasteiger charge is -2.31. The Balaban J connectivity index is 1.72. The molecule has 25 heavy (non-hydrogen) atoms. The zero-order valence-electron chi connectivity index (χ0n) is 15.4. The normalized spacial score (nSPS) is 26.0. The van der Waals surface area contributed by atoms with Gasteiger partial charge in [0.1, 0.15) is 5.00 Å². The van der Waals surface area contributed by atoms with Gasteiger partial charge in [0.05, 0.1) is 25.8 Å². The Bertz CT molecular complexity index is 645. The summed E-state index contributed by atoms with van der Waals surface area (Å²) >= 11 is 1.56. The molecule has 0 aromatic carbocycles.